The fourth-order valence-electron chi connectivity index (χ4n) is 2.02. The lowest BCUT2D eigenvalue weighted by Gasteiger charge is -2.01. The molecule has 0 aliphatic rings. The van der Waals surface area contributed by atoms with Crippen LogP contribution in [0.5, 0.6) is 0 Å². The van der Waals surface area contributed by atoms with Crippen LogP contribution in [0.15, 0.2) is 22.2 Å². The average molecular weight is 361 g/mol. The minimum absolute atomic E-state index is 0.223. The molecule has 1 N–H and O–H groups in total. The van der Waals surface area contributed by atoms with Crippen LogP contribution in [0.4, 0.5) is 0 Å². The van der Waals surface area contributed by atoms with Crippen LogP contribution in [0, 0.1) is 18.3 Å². The Morgan fingerprint density at radius 1 is 1.58 bits per heavy atom. The number of thiophene rings is 1. The minimum atomic E-state index is -0.457. The average Bonchev–Trinajstić information content (AvgIpc) is 3.15. The van der Waals surface area contributed by atoms with E-state index in [2.05, 4.69) is 15.1 Å². The molecular formula is C14H11N5O3S2. The molecule has 0 amide bonds. The predicted octanol–water partition coefficient (Wildman–Crippen LogP) is 1.74. The zero-order valence-electron chi connectivity index (χ0n) is 12.7. The molecule has 24 heavy (non-hydrogen) atoms. The van der Waals surface area contributed by atoms with Gasteiger partial charge in [-0.3, -0.25) is 4.98 Å². The summed E-state index contributed by atoms with van der Waals surface area (Å²) >= 11 is 2.67. The first-order valence-corrected chi connectivity index (χ1v) is 8.52. The molecule has 10 heteroatoms. The van der Waals surface area contributed by atoms with E-state index < -0.39 is 5.69 Å². The minimum Gasteiger partial charge on any atom is -0.465 e. The van der Waals surface area contributed by atoms with E-state index in [0.717, 1.165) is 15.0 Å². The molecule has 0 fully saturated rings. The SMILES string of the molecule is COC(=O)c1cc(CSc2nc3c(C#N)cnn3c(=O)[nH]2)c(C)s1. The first-order valence-electron chi connectivity index (χ1n) is 6.72. The summed E-state index contributed by atoms with van der Waals surface area (Å²) in [6.07, 6.45) is 1.30. The smallest absolute Gasteiger partial charge is 0.350 e. The van der Waals surface area contributed by atoms with Crippen molar-refractivity contribution in [2.45, 2.75) is 17.8 Å². The highest BCUT2D eigenvalue weighted by Crippen LogP contribution is 2.28. The second-order valence-corrected chi connectivity index (χ2v) is 6.95. The summed E-state index contributed by atoms with van der Waals surface area (Å²) in [4.78, 5) is 31.9. The Morgan fingerprint density at radius 2 is 2.38 bits per heavy atom. The van der Waals surface area contributed by atoms with Gasteiger partial charge in [-0.15, -0.1) is 11.3 Å². The van der Waals surface area contributed by atoms with Crippen molar-refractivity contribution >= 4 is 34.7 Å². The van der Waals surface area contributed by atoms with Crippen LogP contribution in [0.2, 0.25) is 0 Å². The van der Waals surface area contributed by atoms with Crippen LogP contribution < -0.4 is 5.69 Å². The topological polar surface area (TPSA) is 113 Å². The van der Waals surface area contributed by atoms with Gasteiger partial charge in [0, 0.05) is 10.6 Å². The highest BCUT2D eigenvalue weighted by Gasteiger charge is 2.14. The molecule has 3 heterocycles. The number of hydrogen-bond acceptors (Lipinski definition) is 8. The molecule has 3 aromatic heterocycles. The number of nitrogens with zero attached hydrogens (tertiary/aromatic N) is 4. The van der Waals surface area contributed by atoms with E-state index in [0.29, 0.717) is 15.8 Å². The number of hydrogen-bond donors (Lipinski definition) is 1. The van der Waals surface area contributed by atoms with Crippen molar-refractivity contribution < 1.29 is 9.53 Å². The van der Waals surface area contributed by atoms with E-state index in [1.54, 1.807) is 6.07 Å². The summed E-state index contributed by atoms with van der Waals surface area (Å²) in [5, 5.41) is 13.2. The van der Waals surface area contributed by atoms with Crippen molar-refractivity contribution in [2.75, 3.05) is 7.11 Å². The highest BCUT2D eigenvalue weighted by atomic mass is 32.2. The zero-order chi connectivity index (χ0) is 17.3. The third-order valence-corrected chi connectivity index (χ3v) is 5.24. The van der Waals surface area contributed by atoms with E-state index in [4.69, 9.17) is 10.00 Å². The number of carbonyl (C=O) groups is 1. The van der Waals surface area contributed by atoms with Crippen molar-refractivity contribution in [2.24, 2.45) is 0 Å². The lowest BCUT2D eigenvalue weighted by Crippen LogP contribution is -2.19. The molecule has 0 saturated carbocycles. The number of carbonyl (C=O) groups excluding carboxylic acids is 1. The number of rotatable bonds is 4. The van der Waals surface area contributed by atoms with Crippen molar-refractivity contribution in [1.29, 1.82) is 5.26 Å². The molecule has 0 bridgehead atoms. The lowest BCUT2D eigenvalue weighted by molar-refractivity contribution is 0.0606. The first-order chi connectivity index (χ1) is 11.5. The summed E-state index contributed by atoms with van der Waals surface area (Å²) < 4.78 is 5.76. The van der Waals surface area contributed by atoms with Gasteiger partial charge in [-0.1, -0.05) is 11.8 Å². The Bertz CT molecular complexity index is 1030. The molecule has 0 unspecified atom stereocenters. The summed E-state index contributed by atoms with van der Waals surface area (Å²) in [5.41, 5.74) is 0.965. The number of fused-ring (bicyclic) bond motifs is 1. The van der Waals surface area contributed by atoms with Crippen molar-refractivity contribution in [3.8, 4) is 6.07 Å². The second kappa shape index (κ2) is 6.46. The van der Waals surface area contributed by atoms with Gasteiger partial charge in [0.15, 0.2) is 10.8 Å². The fourth-order valence-corrected chi connectivity index (χ4v) is 3.98. The van der Waals surface area contributed by atoms with Gasteiger partial charge in [0.1, 0.15) is 16.5 Å². The number of thioether (sulfide) groups is 1. The molecule has 3 aromatic rings. The Labute approximate surface area is 144 Å². The summed E-state index contributed by atoms with van der Waals surface area (Å²) in [5.74, 6) is 0.152. The van der Waals surface area contributed by atoms with E-state index in [1.165, 1.54) is 36.4 Å². The van der Waals surface area contributed by atoms with Crippen molar-refractivity contribution in [3.05, 3.63) is 43.6 Å². The van der Waals surface area contributed by atoms with Gasteiger partial charge in [0.05, 0.1) is 13.3 Å². The number of ether oxygens (including phenoxy) is 1. The molecule has 0 aliphatic heterocycles. The Balaban J connectivity index is 1.86. The normalized spacial score (nSPS) is 10.7. The van der Waals surface area contributed by atoms with E-state index in [9.17, 15) is 9.59 Å². The maximum Gasteiger partial charge on any atom is 0.350 e. The molecule has 122 valence electrons. The number of aromatic amines is 1. The number of nitrogens with one attached hydrogen (secondary N) is 1. The third kappa shape index (κ3) is 2.91. The van der Waals surface area contributed by atoms with Gasteiger partial charge in [-0.05, 0) is 18.6 Å². The molecule has 0 radical (unpaired) electrons. The molecule has 0 spiro atoms. The van der Waals surface area contributed by atoms with E-state index in [1.807, 2.05) is 13.0 Å². The van der Waals surface area contributed by atoms with Crippen LogP contribution in [-0.4, -0.2) is 32.7 Å². The molecule has 3 rings (SSSR count). The Morgan fingerprint density at radius 3 is 3.08 bits per heavy atom. The Kier molecular flexibility index (Phi) is 4.37. The van der Waals surface area contributed by atoms with Gasteiger partial charge in [-0.2, -0.15) is 14.9 Å². The fraction of sp³-hybridized carbons (Fsp3) is 0.214. The third-order valence-electron chi connectivity index (χ3n) is 3.25. The second-order valence-electron chi connectivity index (χ2n) is 4.72. The molecular weight excluding hydrogens is 350 g/mol. The monoisotopic (exact) mass is 361 g/mol. The van der Waals surface area contributed by atoms with Crippen LogP contribution in [0.25, 0.3) is 5.65 Å². The van der Waals surface area contributed by atoms with Gasteiger partial charge in [0.25, 0.3) is 0 Å². The maximum atomic E-state index is 12.0. The maximum absolute atomic E-state index is 12.0. The number of aromatic nitrogens is 4. The molecule has 0 saturated heterocycles. The van der Waals surface area contributed by atoms with Gasteiger partial charge < -0.3 is 4.74 Å². The van der Waals surface area contributed by atoms with Gasteiger partial charge in [-0.25, -0.2) is 14.6 Å². The number of methoxy groups -OCH3 is 1. The molecule has 0 aliphatic carbocycles. The quantitative estimate of drug-likeness (QED) is 0.556. The first kappa shape index (κ1) is 16.2. The summed E-state index contributed by atoms with van der Waals surface area (Å²) in [6.45, 7) is 1.91. The number of nitriles is 1. The summed E-state index contributed by atoms with van der Waals surface area (Å²) in [7, 11) is 1.34. The van der Waals surface area contributed by atoms with E-state index in [-0.39, 0.29) is 17.2 Å². The van der Waals surface area contributed by atoms with Gasteiger partial charge in [0.2, 0.25) is 0 Å². The number of aryl methyl sites for hydroxylation is 1. The number of H-pyrrole nitrogens is 1. The highest BCUT2D eigenvalue weighted by molar-refractivity contribution is 7.98. The Hall–Kier alpha value is -2.64. The largest absolute Gasteiger partial charge is 0.465 e. The van der Waals surface area contributed by atoms with Crippen molar-refractivity contribution in [3.63, 3.8) is 0 Å². The zero-order valence-corrected chi connectivity index (χ0v) is 14.3. The summed E-state index contributed by atoms with van der Waals surface area (Å²) in [6, 6.07) is 3.72. The van der Waals surface area contributed by atoms with Crippen LogP contribution in [0.3, 0.4) is 0 Å². The van der Waals surface area contributed by atoms with Gasteiger partial charge >= 0.3 is 11.7 Å². The van der Waals surface area contributed by atoms with E-state index >= 15 is 0 Å². The predicted molar refractivity (Wildman–Crippen MR) is 88.3 cm³/mol. The molecule has 8 nitrogen and oxygen atoms in total. The van der Waals surface area contributed by atoms with Crippen LogP contribution >= 0.6 is 23.1 Å². The lowest BCUT2D eigenvalue weighted by atomic mass is 10.3. The molecule has 0 atom stereocenters. The van der Waals surface area contributed by atoms with Crippen LogP contribution in [-0.2, 0) is 10.5 Å². The standard InChI is InChI=1S/C14H11N5O3S2/c1-7-8(3-10(24-7)12(20)22-2)6-23-13-17-11-9(4-15)5-16-19(11)14(21)18-13/h3,5H,6H2,1-2H3,(H,17,18,21). The molecule has 0 aromatic carbocycles. The van der Waals surface area contributed by atoms with Crippen LogP contribution in [0.1, 0.15) is 25.7 Å². The number of esters is 1. The van der Waals surface area contributed by atoms with Crippen molar-refractivity contribution in [1.82, 2.24) is 19.6 Å².